The van der Waals surface area contributed by atoms with E-state index in [0.717, 1.165) is 27.2 Å². The van der Waals surface area contributed by atoms with Crippen molar-refractivity contribution >= 4 is 66.7 Å². The second kappa shape index (κ2) is 14.2. The highest BCUT2D eigenvalue weighted by Gasteiger charge is 2.32. The number of rotatable bonds is 12. The lowest BCUT2D eigenvalue weighted by Gasteiger charge is -2.32. The first kappa shape index (κ1) is 30.9. The van der Waals surface area contributed by atoms with Crippen LogP contribution in [0, 0.1) is 0 Å². The zero-order valence-electron chi connectivity index (χ0n) is 21.6. The molecule has 0 fully saturated rings. The first-order chi connectivity index (χ1) is 18.5. The van der Waals surface area contributed by atoms with Crippen LogP contribution in [-0.2, 0) is 26.2 Å². The van der Waals surface area contributed by atoms with E-state index in [0.29, 0.717) is 6.54 Å². The Hall–Kier alpha value is -2.59. The predicted molar refractivity (Wildman–Crippen MR) is 160 cm³/mol. The lowest BCUT2D eigenvalue weighted by molar-refractivity contribution is -0.139. The molecule has 0 aliphatic heterocycles. The van der Waals surface area contributed by atoms with Gasteiger partial charge in [0.25, 0.3) is 10.0 Å². The fraction of sp³-hybridized carbons (Fsp3) is 0.286. The van der Waals surface area contributed by atoms with Gasteiger partial charge in [0.1, 0.15) is 12.6 Å². The van der Waals surface area contributed by atoms with Gasteiger partial charge in [-0.25, -0.2) is 8.42 Å². The van der Waals surface area contributed by atoms with Crippen molar-refractivity contribution < 1.29 is 18.0 Å². The molecule has 3 rings (SSSR count). The average molecular weight is 655 g/mol. The first-order valence-electron chi connectivity index (χ1n) is 12.4. The quantitative estimate of drug-likeness (QED) is 0.233. The van der Waals surface area contributed by atoms with Gasteiger partial charge in [-0.1, -0.05) is 82.8 Å². The molecule has 0 radical (unpaired) electrons. The normalized spacial score (nSPS) is 12.0. The largest absolute Gasteiger partial charge is 0.354 e. The SMILES string of the molecule is CCCCNC(=O)C(C)N(Cc1cccc(Br)c1)C(=O)CN(c1cc(Cl)cc(Cl)c1)S(=O)(=O)c1ccccc1. The molecule has 0 aliphatic carbocycles. The third kappa shape index (κ3) is 8.45. The van der Waals surface area contributed by atoms with Gasteiger partial charge in [0.2, 0.25) is 11.8 Å². The average Bonchev–Trinajstić information content (AvgIpc) is 2.89. The van der Waals surface area contributed by atoms with Gasteiger partial charge >= 0.3 is 0 Å². The standard InChI is InChI=1S/C28H30BrCl2N3O4S/c1-3-4-13-32-28(36)20(2)33(18-21-9-8-10-22(29)14-21)27(35)19-34(25-16-23(30)15-24(31)17-25)39(37,38)26-11-6-5-7-12-26/h5-12,14-17,20H,3-4,13,18-19H2,1-2H3,(H,32,36). The molecule has 3 aromatic carbocycles. The predicted octanol–water partition coefficient (Wildman–Crippen LogP) is 6.28. The monoisotopic (exact) mass is 653 g/mol. The van der Waals surface area contributed by atoms with E-state index >= 15 is 0 Å². The van der Waals surface area contributed by atoms with Crippen LogP contribution in [0.1, 0.15) is 32.3 Å². The topological polar surface area (TPSA) is 86.8 Å². The highest BCUT2D eigenvalue weighted by Crippen LogP contribution is 2.30. The molecule has 3 aromatic rings. The summed E-state index contributed by atoms with van der Waals surface area (Å²) < 4.78 is 29.3. The molecule has 0 saturated heterocycles. The second-order valence-electron chi connectivity index (χ2n) is 8.92. The van der Waals surface area contributed by atoms with Crippen molar-refractivity contribution in [2.45, 2.75) is 44.2 Å². The third-order valence-electron chi connectivity index (χ3n) is 5.98. The van der Waals surface area contributed by atoms with Crippen LogP contribution in [0.15, 0.2) is 82.2 Å². The first-order valence-corrected chi connectivity index (χ1v) is 15.4. The molecule has 7 nitrogen and oxygen atoms in total. The summed E-state index contributed by atoms with van der Waals surface area (Å²) in [5.74, 6) is -0.890. The Morgan fingerprint density at radius 3 is 2.26 bits per heavy atom. The summed E-state index contributed by atoms with van der Waals surface area (Å²) in [7, 11) is -4.20. The number of amides is 2. The van der Waals surface area contributed by atoms with Crippen LogP contribution in [0.25, 0.3) is 0 Å². The molecule has 1 unspecified atom stereocenters. The highest BCUT2D eigenvalue weighted by atomic mass is 79.9. The van der Waals surface area contributed by atoms with Crippen LogP contribution in [0.4, 0.5) is 5.69 Å². The number of halogens is 3. The molecule has 39 heavy (non-hydrogen) atoms. The summed E-state index contributed by atoms with van der Waals surface area (Å²) in [6.45, 7) is 3.64. The maximum Gasteiger partial charge on any atom is 0.264 e. The van der Waals surface area contributed by atoms with Gasteiger partial charge in [-0.05, 0) is 61.4 Å². The number of carbonyl (C=O) groups excluding carboxylic acids is 2. The molecule has 0 saturated carbocycles. The Morgan fingerprint density at radius 1 is 0.974 bits per heavy atom. The van der Waals surface area contributed by atoms with Gasteiger partial charge in [-0.15, -0.1) is 0 Å². The van der Waals surface area contributed by atoms with Crippen LogP contribution in [0.5, 0.6) is 0 Å². The molecule has 1 N–H and O–H groups in total. The maximum absolute atomic E-state index is 13.9. The highest BCUT2D eigenvalue weighted by molar-refractivity contribution is 9.10. The summed E-state index contributed by atoms with van der Waals surface area (Å²) in [6, 6.07) is 18.6. The van der Waals surface area contributed by atoms with Crippen molar-refractivity contribution in [1.29, 1.82) is 0 Å². The van der Waals surface area contributed by atoms with Crippen LogP contribution in [0.3, 0.4) is 0 Å². The van der Waals surface area contributed by atoms with E-state index in [4.69, 9.17) is 23.2 Å². The molecule has 0 aliphatic rings. The number of anilines is 1. The van der Waals surface area contributed by atoms with E-state index in [1.54, 1.807) is 25.1 Å². The minimum atomic E-state index is -4.20. The Kier molecular flexibility index (Phi) is 11.2. The Labute approximate surface area is 248 Å². The fourth-order valence-electron chi connectivity index (χ4n) is 3.88. The summed E-state index contributed by atoms with van der Waals surface area (Å²) in [5, 5.41) is 3.29. The zero-order valence-corrected chi connectivity index (χ0v) is 25.5. The Balaban J connectivity index is 2.02. The van der Waals surface area contributed by atoms with Crippen molar-refractivity contribution in [1.82, 2.24) is 10.2 Å². The van der Waals surface area contributed by atoms with E-state index in [1.807, 2.05) is 31.2 Å². The van der Waals surface area contributed by atoms with E-state index in [2.05, 4.69) is 21.2 Å². The van der Waals surface area contributed by atoms with E-state index in [9.17, 15) is 18.0 Å². The number of unbranched alkanes of at least 4 members (excludes halogenated alkanes) is 1. The van der Waals surface area contributed by atoms with E-state index in [-0.39, 0.29) is 33.1 Å². The fourth-order valence-corrected chi connectivity index (χ4v) is 6.26. The smallest absolute Gasteiger partial charge is 0.264 e. The number of sulfonamides is 1. The molecule has 0 spiro atoms. The summed E-state index contributed by atoms with van der Waals surface area (Å²) in [4.78, 5) is 28.3. The number of hydrogen-bond donors (Lipinski definition) is 1. The van der Waals surface area contributed by atoms with Crippen LogP contribution < -0.4 is 9.62 Å². The van der Waals surface area contributed by atoms with E-state index in [1.165, 1.54) is 35.2 Å². The van der Waals surface area contributed by atoms with Gasteiger partial charge in [-0.2, -0.15) is 0 Å². The number of nitrogens with one attached hydrogen (secondary N) is 1. The maximum atomic E-state index is 13.9. The molecule has 208 valence electrons. The Morgan fingerprint density at radius 2 is 1.64 bits per heavy atom. The van der Waals surface area contributed by atoms with Crippen LogP contribution in [-0.4, -0.2) is 44.3 Å². The second-order valence-corrected chi connectivity index (χ2v) is 12.6. The molecule has 11 heteroatoms. The summed E-state index contributed by atoms with van der Waals surface area (Å²) in [5.41, 5.74) is 0.904. The molecular weight excluding hydrogens is 625 g/mol. The molecule has 0 heterocycles. The molecule has 2 amide bonds. The van der Waals surface area contributed by atoms with Gasteiger partial charge in [0, 0.05) is 27.6 Å². The molecule has 0 bridgehead atoms. The number of carbonyl (C=O) groups is 2. The number of hydrogen-bond acceptors (Lipinski definition) is 4. The van der Waals surface area contributed by atoms with Gasteiger partial charge < -0.3 is 10.2 Å². The minimum absolute atomic E-state index is 0.00204. The van der Waals surface area contributed by atoms with Crippen LogP contribution >= 0.6 is 39.1 Å². The van der Waals surface area contributed by atoms with Gasteiger partial charge in [0.15, 0.2) is 0 Å². The summed E-state index contributed by atoms with van der Waals surface area (Å²) >= 11 is 15.8. The molecule has 1 atom stereocenters. The van der Waals surface area contributed by atoms with Crippen molar-refractivity contribution in [2.24, 2.45) is 0 Å². The zero-order chi connectivity index (χ0) is 28.6. The number of benzene rings is 3. The lowest BCUT2D eigenvalue weighted by Crippen LogP contribution is -2.51. The molecule has 0 aromatic heterocycles. The van der Waals surface area contributed by atoms with Gasteiger partial charge in [-0.3, -0.25) is 13.9 Å². The van der Waals surface area contributed by atoms with Crippen molar-refractivity contribution in [3.05, 3.63) is 92.9 Å². The lowest BCUT2D eigenvalue weighted by atomic mass is 10.1. The summed E-state index contributed by atoms with van der Waals surface area (Å²) in [6.07, 6.45) is 1.71. The number of nitrogens with zero attached hydrogens (tertiary/aromatic N) is 2. The van der Waals surface area contributed by atoms with Crippen molar-refractivity contribution in [3.63, 3.8) is 0 Å². The Bertz CT molecular complexity index is 1390. The van der Waals surface area contributed by atoms with Crippen molar-refractivity contribution in [3.8, 4) is 0 Å². The van der Waals surface area contributed by atoms with Crippen molar-refractivity contribution in [2.75, 3.05) is 17.4 Å². The van der Waals surface area contributed by atoms with Gasteiger partial charge in [0.05, 0.1) is 10.6 Å². The third-order valence-corrected chi connectivity index (χ3v) is 8.70. The van der Waals surface area contributed by atoms with E-state index < -0.39 is 28.5 Å². The molecular formula is C28H30BrCl2N3O4S. The minimum Gasteiger partial charge on any atom is -0.354 e. The van der Waals surface area contributed by atoms with Crippen LogP contribution in [0.2, 0.25) is 10.0 Å².